The number of hydrogen-bond acceptors (Lipinski definition) is 4. The van der Waals surface area contributed by atoms with E-state index in [-0.39, 0.29) is 5.75 Å². The predicted molar refractivity (Wildman–Crippen MR) is 115 cm³/mol. The van der Waals surface area contributed by atoms with Crippen molar-refractivity contribution in [3.8, 4) is 22.9 Å². The van der Waals surface area contributed by atoms with Crippen molar-refractivity contribution >= 4 is 0 Å². The molecular weight excluding hydrogens is 423 g/mol. The molecule has 0 spiro atoms. The van der Waals surface area contributed by atoms with Gasteiger partial charge in [-0.05, 0) is 62.1 Å². The molecule has 0 bridgehead atoms. The average Bonchev–Trinajstić information content (AvgIpc) is 2.70. The van der Waals surface area contributed by atoms with E-state index in [9.17, 15) is 22.8 Å². The monoisotopic (exact) mass is 447 g/mol. The second-order valence-corrected chi connectivity index (χ2v) is 8.00. The van der Waals surface area contributed by atoms with Gasteiger partial charge >= 0.3 is 11.9 Å². The number of ether oxygens (including phenoxy) is 1. The van der Waals surface area contributed by atoms with Gasteiger partial charge in [0.1, 0.15) is 11.3 Å². The van der Waals surface area contributed by atoms with E-state index in [1.807, 2.05) is 13.8 Å². The maximum Gasteiger partial charge on any atom is 0.421 e. The number of benzene rings is 1. The summed E-state index contributed by atoms with van der Waals surface area (Å²) in [5, 5.41) is 0. The third-order valence-electron chi connectivity index (χ3n) is 5.11. The van der Waals surface area contributed by atoms with Crippen LogP contribution in [0.25, 0.3) is 11.3 Å². The van der Waals surface area contributed by atoms with Gasteiger partial charge in [0.05, 0.1) is 5.69 Å². The van der Waals surface area contributed by atoms with Gasteiger partial charge < -0.3 is 4.74 Å². The number of nitrogens with one attached hydrogen (secondary N) is 1. The first kappa shape index (κ1) is 23.3. The molecule has 32 heavy (non-hydrogen) atoms. The molecule has 0 saturated carbocycles. The van der Waals surface area contributed by atoms with Gasteiger partial charge in [0.15, 0.2) is 0 Å². The van der Waals surface area contributed by atoms with Gasteiger partial charge in [-0.1, -0.05) is 13.8 Å². The van der Waals surface area contributed by atoms with Crippen LogP contribution in [0, 0.1) is 19.8 Å². The van der Waals surface area contributed by atoms with Crippen molar-refractivity contribution in [1.29, 1.82) is 0 Å². The van der Waals surface area contributed by atoms with Crippen LogP contribution in [0.15, 0.2) is 46.1 Å². The molecule has 0 amide bonds. The van der Waals surface area contributed by atoms with Crippen LogP contribution >= 0.6 is 0 Å². The summed E-state index contributed by atoms with van der Waals surface area (Å²) in [6.07, 6.45) is -2.65. The predicted octanol–water partition coefficient (Wildman–Crippen LogP) is 5.07. The Morgan fingerprint density at radius 3 is 2.50 bits per heavy atom. The lowest BCUT2D eigenvalue weighted by atomic mass is 10.0. The molecule has 1 aromatic carbocycles. The van der Waals surface area contributed by atoms with Gasteiger partial charge in [-0.25, -0.2) is 9.78 Å². The SMILES string of the molecule is Cc1cc(Oc2ncccc2C(F)(F)F)ccc1-c1c(C)c(=O)[nH]c(=O)n1CCC(C)C. The zero-order chi connectivity index (χ0) is 23.6. The fourth-order valence-corrected chi connectivity index (χ4v) is 3.38. The second kappa shape index (κ2) is 9.02. The Labute approximate surface area is 182 Å². The zero-order valence-electron chi connectivity index (χ0n) is 18.2. The highest BCUT2D eigenvalue weighted by molar-refractivity contribution is 5.68. The van der Waals surface area contributed by atoms with Crippen molar-refractivity contribution in [3.63, 3.8) is 0 Å². The lowest BCUT2D eigenvalue weighted by Gasteiger charge is -2.18. The van der Waals surface area contributed by atoms with Gasteiger partial charge in [0.2, 0.25) is 5.88 Å². The molecule has 0 aliphatic carbocycles. The highest BCUT2D eigenvalue weighted by atomic mass is 19.4. The number of aromatic nitrogens is 3. The maximum absolute atomic E-state index is 13.2. The number of alkyl halides is 3. The first-order valence-electron chi connectivity index (χ1n) is 10.1. The fraction of sp³-hybridized carbons (Fsp3) is 0.348. The van der Waals surface area contributed by atoms with Gasteiger partial charge in [-0.3, -0.25) is 14.3 Å². The molecule has 0 aliphatic rings. The Kier molecular flexibility index (Phi) is 6.57. The molecule has 9 heteroatoms. The second-order valence-electron chi connectivity index (χ2n) is 8.00. The van der Waals surface area contributed by atoms with Crippen molar-refractivity contribution in [1.82, 2.24) is 14.5 Å². The Bertz CT molecular complexity index is 1240. The topological polar surface area (TPSA) is 77.0 Å². The van der Waals surface area contributed by atoms with E-state index in [4.69, 9.17) is 4.74 Å². The number of hydrogen-bond donors (Lipinski definition) is 1. The van der Waals surface area contributed by atoms with E-state index >= 15 is 0 Å². The number of halogens is 3. The highest BCUT2D eigenvalue weighted by Gasteiger charge is 2.35. The minimum atomic E-state index is -4.60. The molecule has 2 aromatic heterocycles. The van der Waals surface area contributed by atoms with Crippen LogP contribution in [0.1, 0.15) is 37.0 Å². The molecule has 0 aliphatic heterocycles. The van der Waals surface area contributed by atoms with E-state index in [1.54, 1.807) is 26.0 Å². The fourth-order valence-electron chi connectivity index (χ4n) is 3.38. The summed E-state index contributed by atoms with van der Waals surface area (Å²) in [7, 11) is 0. The van der Waals surface area contributed by atoms with Crippen LogP contribution in [-0.2, 0) is 12.7 Å². The largest absolute Gasteiger partial charge is 0.438 e. The molecule has 0 fully saturated rings. The van der Waals surface area contributed by atoms with E-state index < -0.39 is 28.9 Å². The van der Waals surface area contributed by atoms with Crippen LogP contribution in [0.3, 0.4) is 0 Å². The van der Waals surface area contributed by atoms with E-state index in [0.29, 0.717) is 34.8 Å². The van der Waals surface area contributed by atoms with Crippen LogP contribution < -0.4 is 16.0 Å². The highest BCUT2D eigenvalue weighted by Crippen LogP contribution is 2.37. The van der Waals surface area contributed by atoms with Gasteiger partial charge in [-0.2, -0.15) is 13.2 Å². The summed E-state index contributed by atoms with van der Waals surface area (Å²) in [6, 6.07) is 6.78. The number of aryl methyl sites for hydroxylation is 1. The maximum atomic E-state index is 13.2. The van der Waals surface area contributed by atoms with Crippen LogP contribution in [0.5, 0.6) is 11.6 Å². The minimum Gasteiger partial charge on any atom is -0.438 e. The van der Waals surface area contributed by atoms with Gasteiger partial charge in [0, 0.05) is 23.9 Å². The number of rotatable bonds is 6. The number of nitrogens with zero attached hydrogens (tertiary/aromatic N) is 2. The molecule has 170 valence electrons. The van der Waals surface area contributed by atoms with E-state index in [2.05, 4.69) is 9.97 Å². The normalized spacial score (nSPS) is 11.8. The quantitative estimate of drug-likeness (QED) is 0.572. The molecule has 6 nitrogen and oxygen atoms in total. The van der Waals surface area contributed by atoms with Crippen molar-refractivity contribution in [2.45, 2.75) is 46.8 Å². The van der Waals surface area contributed by atoms with Crippen molar-refractivity contribution in [3.05, 3.63) is 74.1 Å². The number of pyridine rings is 1. The first-order valence-corrected chi connectivity index (χ1v) is 10.1. The number of aromatic amines is 1. The number of H-pyrrole nitrogens is 1. The molecule has 0 saturated heterocycles. The van der Waals surface area contributed by atoms with Gasteiger partial charge in [-0.15, -0.1) is 0 Å². The Balaban J connectivity index is 2.05. The Morgan fingerprint density at radius 2 is 1.88 bits per heavy atom. The third kappa shape index (κ3) is 4.92. The van der Waals surface area contributed by atoms with Crippen LogP contribution in [0.4, 0.5) is 13.2 Å². The Morgan fingerprint density at radius 1 is 1.16 bits per heavy atom. The lowest BCUT2D eigenvalue weighted by Crippen LogP contribution is -2.33. The first-order chi connectivity index (χ1) is 15.0. The molecule has 0 unspecified atom stereocenters. The van der Waals surface area contributed by atoms with Crippen LogP contribution in [0.2, 0.25) is 0 Å². The molecule has 3 rings (SSSR count). The van der Waals surface area contributed by atoms with E-state index in [1.165, 1.54) is 22.9 Å². The smallest absolute Gasteiger partial charge is 0.421 e. The van der Waals surface area contributed by atoms with Gasteiger partial charge in [0.25, 0.3) is 5.56 Å². The summed E-state index contributed by atoms with van der Waals surface area (Å²) in [5.74, 6) is -0.0394. The molecular formula is C23H24F3N3O3. The lowest BCUT2D eigenvalue weighted by molar-refractivity contribution is -0.138. The summed E-state index contributed by atoms with van der Waals surface area (Å²) in [6.45, 7) is 7.86. The summed E-state index contributed by atoms with van der Waals surface area (Å²) >= 11 is 0. The average molecular weight is 447 g/mol. The molecule has 0 atom stereocenters. The van der Waals surface area contributed by atoms with E-state index in [0.717, 1.165) is 12.5 Å². The third-order valence-corrected chi connectivity index (χ3v) is 5.11. The Hall–Kier alpha value is -3.36. The van der Waals surface area contributed by atoms with Crippen molar-refractivity contribution in [2.75, 3.05) is 0 Å². The van der Waals surface area contributed by atoms with Crippen LogP contribution in [-0.4, -0.2) is 14.5 Å². The summed E-state index contributed by atoms with van der Waals surface area (Å²) < 4.78 is 46.6. The summed E-state index contributed by atoms with van der Waals surface area (Å²) in [5.41, 5.74) is 0.173. The molecule has 3 aromatic rings. The molecule has 2 heterocycles. The van der Waals surface area contributed by atoms with Crippen molar-refractivity contribution < 1.29 is 17.9 Å². The minimum absolute atomic E-state index is 0.161. The standard InChI is InChI=1S/C23H24F3N3O3/c1-13(2)9-11-29-19(15(4)20(30)28-22(29)31)17-8-7-16(12-14(17)3)32-21-18(23(24,25)26)6-5-10-27-21/h5-8,10,12-13H,9,11H2,1-4H3,(H,28,30,31). The molecule has 1 N–H and O–H groups in total. The zero-order valence-corrected chi connectivity index (χ0v) is 18.2. The summed E-state index contributed by atoms with van der Waals surface area (Å²) in [4.78, 5) is 30.8. The molecule has 0 radical (unpaired) electrons. The van der Waals surface area contributed by atoms with Crippen molar-refractivity contribution in [2.24, 2.45) is 5.92 Å².